The Morgan fingerprint density at radius 1 is 1.30 bits per heavy atom. The van der Waals surface area contributed by atoms with Crippen molar-refractivity contribution in [3.63, 3.8) is 0 Å². The number of nitrogens with zero attached hydrogens (tertiary/aromatic N) is 4. The Morgan fingerprint density at radius 2 is 2.05 bits per heavy atom. The molecule has 0 aliphatic carbocycles. The molecule has 6 heteroatoms. The van der Waals surface area contributed by atoms with E-state index in [0.717, 1.165) is 31.2 Å². The van der Waals surface area contributed by atoms with E-state index in [9.17, 15) is 4.79 Å². The van der Waals surface area contributed by atoms with E-state index in [4.69, 9.17) is 0 Å². The topological polar surface area (TPSA) is 49.3 Å². The maximum Gasteiger partial charge on any atom is 0.275 e. The number of piperidine rings is 1. The number of carbonyl (C=O) groups is 1. The van der Waals surface area contributed by atoms with Crippen molar-refractivity contribution in [2.45, 2.75) is 57.7 Å². The van der Waals surface area contributed by atoms with Gasteiger partial charge < -0.3 is 4.90 Å². The summed E-state index contributed by atoms with van der Waals surface area (Å²) >= 11 is 1.10. The molecule has 3 atom stereocenters. The summed E-state index contributed by atoms with van der Waals surface area (Å²) in [6.45, 7) is 6.32. The van der Waals surface area contributed by atoms with Crippen molar-refractivity contribution in [1.82, 2.24) is 18.5 Å². The van der Waals surface area contributed by atoms with Crippen molar-refractivity contribution in [3.8, 4) is 0 Å². The third-order valence-corrected chi connectivity index (χ3v) is 5.18. The van der Waals surface area contributed by atoms with E-state index in [-0.39, 0.29) is 5.91 Å². The summed E-state index contributed by atoms with van der Waals surface area (Å²) in [5.74, 6) is 0.0444. The third kappa shape index (κ3) is 2.59. The van der Waals surface area contributed by atoms with Crippen molar-refractivity contribution in [2.24, 2.45) is 0 Å². The average molecular weight is 294 g/mol. The zero-order valence-electron chi connectivity index (χ0n) is 12.2. The summed E-state index contributed by atoms with van der Waals surface area (Å²) in [7, 11) is 0. The van der Waals surface area contributed by atoms with Gasteiger partial charge in [-0.25, -0.2) is 0 Å². The van der Waals surface area contributed by atoms with Crippen LogP contribution in [0.25, 0.3) is 0 Å². The van der Waals surface area contributed by atoms with Crippen molar-refractivity contribution in [1.29, 1.82) is 0 Å². The second kappa shape index (κ2) is 5.77. The normalized spacial score (nSPS) is 31.7. The Morgan fingerprint density at radius 3 is 2.70 bits per heavy atom. The molecule has 1 aromatic rings. The van der Waals surface area contributed by atoms with Crippen LogP contribution < -0.4 is 0 Å². The minimum atomic E-state index is 0.0444. The molecule has 1 amide bonds. The Balaban J connectivity index is 1.69. The number of aromatic nitrogens is 2. The van der Waals surface area contributed by atoms with E-state index in [2.05, 4.69) is 27.5 Å². The lowest BCUT2D eigenvalue weighted by atomic mass is 10.0. The van der Waals surface area contributed by atoms with Crippen molar-refractivity contribution >= 4 is 17.6 Å². The van der Waals surface area contributed by atoms with Crippen LogP contribution in [0.1, 0.15) is 50.0 Å². The van der Waals surface area contributed by atoms with Gasteiger partial charge in [-0.05, 0) is 39.5 Å². The molecule has 3 rings (SSSR count). The molecule has 0 radical (unpaired) electrons. The van der Waals surface area contributed by atoms with Gasteiger partial charge in [-0.15, -0.1) is 0 Å². The van der Waals surface area contributed by atoms with Gasteiger partial charge >= 0.3 is 0 Å². The fourth-order valence-electron chi connectivity index (χ4n) is 3.74. The summed E-state index contributed by atoms with van der Waals surface area (Å²) in [6.07, 6.45) is 6.43. The fraction of sp³-hybridized carbons (Fsp3) is 0.786. The number of rotatable bonds is 2. The highest BCUT2D eigenvalue weighted by molar-refractivity contribution is 6.99. The minimum absolute atomic E-state index is 0.0444. The number of amides is 1. The van der Waals surface area contributed by atoms with Crippen LogP contribution in [0.4, 0.5) is 0 Å². The molecule has 5 nitrogen and oxygen atoms in total. The predicted octanol–water partition coefficient (Wildman–Crippen LogP) is 2.02. The minimum Gasteiger partial charge on any atom is -0.336 e. The standard InChI is InChI=1S/C14H22N4OS/c1-10-5-6-11(2)18(10)12-4-3-7-17(9-12)14(19)13-8-15-20-16-13/h8,10-12H,3-7,9H2,1-2H3/t10-,11+,12-/m0/s1. The van der Waals surface area contributed by atoms with Crippen LogP contribution >= 0.6 is 11.7 Å². The highest BCUT2D eigenvalue weighted by Crippen LogP contribution is 2.30. The summed E-state index contributed by atoms with van der Waals surface area (Å²) in [6, 6.07) is 1.80. The Hall–Kier alpha value is -1.01. The highest BCUT2D eigenvalue weighted by atomic mass is 32.1. The van der Waals surface area contributed by atoms with Crippen LogP contribution in [0.5, 0.6) is 0 Å². The summed E-state index contributed by atoms with van der Waals surface area (Å²) in [4.78, 5) is 17.0. The average Bonchev–Trinajstić information content (AvgIpc) is 3.09. The molecule has 0 aromatic carbocycles. The lowest BCUT2D eigenvalue weighted by Crippen LogP contribution is -2.52. The molecule has 0 spiro atoms. The van der Waals surface area contributed by atoms with Crippen molar-refractivity contribution < 1.29 is 4.79 Å². The maximum absolute atomic E-state index is 12.4. The lowest BCUT2D eigenvalue weighted by Gasteiger charge is -2.41. The van der Waals surface area contributed by atoms with E-state index in [1.165, 1.54) is 19.3 Å². The number of hydrogen-bond acceptors (Lipinski definition) is 5. The van der Waals surface area contributed by atoms with Crippen molar-refractivity contribution in [2.75, 3.05) is 13.1 Å². The lowest BCUT2D eigenvalue weighted by molar-refractivity contribution is 0.0483. The molecule has 3 heterocycles. The molecule has 0 saturated carbocycles. The van der Waals surface area contributed by atoms with Gasteiger partial charge in [-0.2, -0.15) is 8.75 Å². The predicted molar refractivity (Wildman–Crippen MR) is 78.8 cm³/mol. The third-order valence-electron chi connectivity index (χ3n) is 4.71. The van der Waals surface area contributed by atoms with Gasteiger partial charge in [0.2, 0.25) is 0 Å². The van der Waals surface area contributed by atoms with E-state index in [1.54, 1.807) is 6.20 Å². The van der Waals surface area contributed by atoms with E-state index < -0.39 is 0 Å². The fourth-order valence-corrected chi connectivity index (χ4v) is 4.15. The van der Waals surface area contributed by atoms with Crippen LogP contribution in [0.2, 0.25) is 0 Å². The Bertz CT molecular complexity index is 454. The van der Waals surface area contributed by atoms with Gasteiger partial charge in [0.15, 0.2) is 5.69 Å². The first-order valence-corrected chi connectivity index (χ1v) is 8.24. The molecule has 2 fully saturated rings. The molecule has 110 valence electrons. The highest BCUT2D eigenvalue weighted by Gasteiger charge is 2.36. The van der Waals surface area contributed by atoms with Crippen LogP contribution in [0, 0.1) is 0 Å². The van der Waals surface area contributed by atoms with Gasteiger partial charge in [0.05, 0.1) is 17.9 Å². The first-order chi connectivity index (χ1) is 9.66. The van der Waals surface area contributed by atoms with Gasteiger partial charge in [-0.3, -0.25) is 9.69 Å². The summed E-state index contributed by atoms with van der Waals surface area (Å²) in [5, 5.41) is 0. The summed E-state index contributed by atoms with van der Waals surface area (Å²) < 4.78 is 8.00. The molecule has 0 bridgehead atoms. The van der Waals surface area contributed by atoms with Gasteiger partial charge in [0.1, 0.15) is 0 Å². The first kappa shape index (κ1) is 13.9. The Kier molecular flexibility index (Phi) is 4.03. The van der Waals surface area contributed by atoms with Gasteiger partial charge in [0.25, 0.3) is 5.91 Å². The maximum atomic E-state index is 12.4. The molecule has 1 aromatic heterocycles. The van der Waals surface area contributed by atoms with Gasteiger partial charge in [0, 0.05) is 31.2 Å². The summed E-state index contributed by atoms with van der Waals surface area (Å²) in [5.41, 5.74) is 0.498. The molecule has 0 N–H and O–H groups in total. The van der Waals surface area contributed by atoms with E-state index in [1.807, 2.05) is 4.90 Å². The molecular weight excluding hydrogens is 272 g/mol. The van der Waals surface area contributed by atoms with Crippen LogP contribution in [0.3, 0.4) is 0 Å². The molecule has 0 unspecified atom stereocenters. The molecule has 2 saturated heterocycles. The number of hydrogen-bond donors (Lipinski definition) is 0. The number of carbonyl (C=O) groups excluding carboxylic acids is 1. The van der Waals surface area contributed by atoms with Crippen LogP contribution in [-0.4, -0.2) is 55.7 Å². The Labute approximate surface area is 124 Å². The second-order valence-electron chi connectivity index (χ2n) is 6.06. The van der Waals surface area contributed by atoms with Crippen LogP contribution in [-0.2, 0) is 0 Å². The van der Waals surface area contributed by atoms with Gasteiger partial charge in [-0.1, -0.05) is 0 Å². The smallest absolute Gasteiger partial charge is 0.275 e. The zero-order valence-corrected chi connectivity index (χ0v) is 13.0. The zero-order chi connectivity index (χ0) is 14.1. The quantitative estimate of drug-likeness (QED) is 0.837. The SMILES string of the molecule is C[C@@H]1CC[C@H](C)N1[C@H]1CCCN(C(=O)c2cnsn2)C1. The van der Waals surface area contributed by atoms with Crippen LogP contribution in [0.15, 0.2) is 6.20 Å². The number of likely N-dealkylation sites (tertiary alicyclic amines) is 2. The second-order valence-corrected chi connectivity index (χ2v) is 6.62. The monoisotopic (exact) mass is 294 g/mol. The first-order valence-electron chi connectivity index (χ1n) is 7.51. The van der Waals surface area contributed by atoms with Crippen molar-refractivity contribution in [3.05, 3.63) is 11.9 Å². The molecular formula is C14H22N4OS. The largest absolute Gasteiger partial charge is 0.336 e. The van der Waals surface area contributed by atoms with E-state index >= 15 is 0 Å². The molecule has 20 heavy (non-hydrogen) atoms. The molecule has 2 aliphatic heterocycles. The molecule has 2 aliphatic rings. The van der Waals surface area contributed by atoms with E-state index in [0.29, 0.717) is 23.8 Å².